The van der Waals surface area contributed by atoms with Crippen LogP contribution in [0, 0.1) is 5.92 Å². The van der Waals surface area contributed by atoms with Crippen molar-refractivity contribution in [1.29, 1.82) is 0 Å². The first-order valence-electron chi connectivity index (χ1n) is 6.67. The first kappa shape index (κ1) is 14.6. The summed E-state index contributed by atoms with van der Waals surface area (Å²) in [5.74, 6) is -1.93. The van der Waals surface area contributed by atoms with Crippen molar-refractivity contribution in [1.82, 2.24) is 4.90 Å². The maximum Gasteiger partial charge on any atom is 0.296 e. The number of ketones is 1. The number of likely N-dealkylation sites (tertiary alicyclic amines) is 1. The summed E-state index contributed by atoms with van der Waals surface area (Å²) in [5, 5.41) is 0. The van der Waals surface area contributed by atoms with Crippen LogP contribution in [0.25, 0.3) is 0 Å². The highest BCUT2D eigenvalue weighted by atomic mass is 19.3. The maximum atomic E-state index is 12.3. The molecule has 1 aliphatic heterocycles. The molecule has 1 saturated heterocycles. The molecule has 1 heterocycles. The maximum absolute atomic E-state index is 12.3. The monoisotopic (exact) mass is 281 g/mol. The number of rotatable bonds is 5. The summed E-state index contributed by atoms with van der Waals surface area (Å²) in [6.45, 7) is 2.42. The van der Waals surface area contributed by atoms with E-state index in [2.05, 4.69) is 0 Å². The standard InChI is InChI=1S/C15H17F2NO2/c1-10(11-5-3-2-4-6-11)18-8-7-12(15(18)20)9-13(19)14(16)17/h2-6,10,12,14H,7-9H2,1H3/t10-,12?/m1/s1. The lowest BCUT2D eigenvalue weighted by Crippen LogP contribution is -2.31. The number of hydrogen-bond acceptors (Lipinski definition) is 2. The zero-order chi connectivity index (χ0) is 14.7. The minimum absolute atomic E-state index is 0.102. The average Bonchev–Trinajstić information content (AvgIpc) is 2.80. The smallest absolute Gasteiger partial charge is 0.296 e. The number of nitrogens with zero attached hydrogens (tertiary/aromatic N) is 1. The third kappa shape index (κ3) is 3.03. The van der Waals surface area contributed by atoms with Crippen LogP contribution in [0.1, 0.15) is 31.4 Å². The molecule has 1 aromatic carbocycles. The molecule has 1 aliphatic rings. The van der Waals surface area contributed by atoms with E-state index in [9.17, 15) is 18.4 Å². The molecule has 0 aromatic heterocycles. The summed E-state index contributed by atoms with van der Waals surface area (Å²) >= 11 is 0. The van der Waals surface area contributed by atoms with Gasteiger partial charge in [0, 0.05) is 18.9 Å². The molecule has 1 amide bonds. The molecule has 20 heavy (non-hydrogen) atoms. The second-order valence-corrected chi connectivity index (χ2v) is 5.08. The number of amides is 1. The SMILES string of the molecule is C[C@H](c1ccccc1)N1CCC(CC(=O)C(F)F)C1=O. The molecule has 2 rings (SSSR count). The molecule has 0 saturated carbocycles. The molecule has 0 bridgehead atoms. The second kappa shape index (κ2) is 6.11. The Morgan fingerprint density at radius 2 is 2.00 bits per heavy atom. The third-order valence-corrected chi connectivity index (χ3v) is 3.79. The fraction of sp³-hybridized carbons (Fsp3) is 0.467. The molecule has 108 valence electrons. The quantitative estimate of drug-likeness (QED) is 0.832. The lowest BCUT2D eigenvalue weighted by atomic mass is 10.0. The topological polar surface area (TPSA) is 37.4 Å². The lowest BCUT2D eigenvalue weighted by Gasteiger charge is -2.25. The van der Waals surface area contributed by atoms with Gasteiger partial charge in [-0.1, -0.05) is 30.3 Å². The van der Waals surface area contributed by atoms with Crippen molar-refractivity contribution in [2.75, 3.05) is 6.54 Å². The normalized spacial score (nSPS) is 20.5. The van der Waals surface area contributed by atoms with E-state index in [0.29, 0.717) is 13.0 Å². The molecule has 0 spiro atoms. The van der Waals surface area contributed by atoms with E-state index in [1.165, 1.54) is 0 Å². The highest BCUT2D eigenvalue weighted by Crippen LogP contribution is 2.30. The minimum Gasteiger partial charge on any atom is -0.336 e. The van der Waals surface area contributed by atoms with Gasteiger partial charge in [0.1, 0.15) is 0 Å². The largest absolute Gasteiger partial charge is 0.336 e. The first-order chi connectivity index (χ1) is 9.50. The summed E-state index contributed by atoms with van der Waals surface area (Å²) in [6, 6.07) is 9.43. The van der Waals surface area contributed by atoms with E-state index in [-0.39, 0.29) is 18.4 Å². The molecule has 1 fully saturated rings. The van der Waals surface area contributed by atoms with Crippen molar-refractivity contribution in [2.45, 2.75) is 32.2 Å². The molecular weight excluding hydrogens is 264 g/mol. The van der Waals surface area contributed by atoms with Crippen molar-refractivity contribution in [3.63, 3.8) is 0 Å². The van der Waals surface area contributed by atoms with Gasteiger partial charge in [-0.05, 0) is 18.9 Å². The summed E-state index contributed by atoms with van der Waals surface area (Å²) in [5.41, 5.74) is 1.00. The number of carbonyl (C=O) groups excluding carboxylic acids is 2. The highest BCUT2D eigenvalue weighted by molar-refractivity contribution is 5.89. The van der Waals surface area contributed by atoms with Crippen LogP contribution in [0.3, 0.4) is 0 Å². The summed E-state index contributed by atoms with van der Waals surface area (Å²) < 4.78 is 24.5. The summed E-state index contributed by atoms with van der Waals surface area (Å²) in [6.07, 6.45) is -2.87. The third-order valence-electron chi connectivity index (χ3n) is 3.79. The van der Waals surface area contributed by atoms with E-state index >= 15 is 0 Å². The Bertz CT molecular complexity index is 490. The van der Waals surface area contributed by atoms with Gasteiger partial charge < -0.3 is 4.90 Å². The minimum atomic E-state index is -2.98. The Kier molecular flexibility index (Phi) is 4.47. The number of benzene rings is 1. The molecule has 3 nitrogen and oxygen atoms in total. The zero-order valence-electron chi connectivity index (χ0n) is 11.3. The van der Waals surface area contributed by atoms with Crippen molar-refractivity contribution in [3.05, 3.63) is 35.9 Å². The predicted octanol–water partition coefficient (Wildman–Crippen LogP) is 2.82. The number of Topliss-reactive ketones (excluding diaryl/α,β-unsaturated/α-hetero) is 1. The number of alkyl halides is 2. The fourth-order valence-corrected chi connectivity index (χ4v) is 2.58. The molecule has 0 aliphatic carbocycles. The summed E-state index contributed by atoms with van der Waals surface area (Å²) in [7, 11) is 0. The van der Waals surface area contributed by atoms with Crippen LogP contribution in [-0.4, -0.2) is 29.6 Å². The van der Waals surface area contributed by atoms with Crippen molar-refractivity contribution in [3.8, 4) is 0 Å². The van der Waals surface area contributed by atoms with Gasteiger partial charge in [0.25, 0.3) is 6.43 Å². The molecule has 1 unspecified atom stereocenters. The Morgan fingerprint density at radius 1 is 1.35 bits per heavy atom. The molecular formula is C15H17F2NO2. The Hall–Kier alpha value is -1.78. The van der Waals surface area contributed by atoms with Crippen molar-refractivity contribution >= 4 is 11.7 Å². The van der Waals surface area contributed by atoms with Crippen molar-refractivity contribution in [2.24, 2.45) is 5.92 Å². The Morgan fingerprint density at radius 3 is 2.60 bits per heavy atom. The van der Waals surface area contributed by atoms with Gasteiger partial charge in [0.05, 0.1) is 6.04 Å². The van der Waals surface area contributed by atoms with Crippen LogP contribution in [0.4, 0.5) is 8.78 Å². The van der Waals surface area contributed by atoms with Crippen LogP contribution in [0.2, 0.25) is 0 Å². The zero-order valence-corrected chi connectivity index (χ0v) is 11.3. The van der Waals surface area contributed by atoms with Gasteiger partial charge >= 0.3 is 0 Å². The number of halogens is 2. The average molecular weight is 281 g/mol. The Labute approximate surface area is 116 Å². The van der Waals surface area contributed by atoms with E-state index < -0.39 is 18.1 Å². The Balaban J connectivity index is 2.02. The van der Waals surface area contributed by atoms with Crippen molar-refractivity contribution < 1.29 is 18.4 Å². The van der Waals surface area contributed by atoms with Crippen LogP contribution < -0.4 is 0 Å². The molecule has 0 radical (unpaired) electrons. The van der Waals surface area contributed by atoms with Crippen LogP contribution in [0.15, 0.2) is 30.3 Å². The van der Waals surface area contributed by atoms with Gasteiger partial charge in [0.2, 0.25) is 5.91 Å². The molecule has 5 heteroatoms. The van der Waals surface area contributed by atoms with Gasteiger partial charge in [-0.3, -0.25) is 9.59 Å². The molecule has 2 atom stereocenters. The van der Waals surface area contributed by atoms with E-state index in [4.69, 9.17) is 0 Å². The van der Waals surface area contributed by atoms with Gasteiger partial charge in [-0.2, -0.15) is 0 Å². The van der Waals surface area contributed by atoms with E-state index in [1.807, 2.05) is 37.3 Å². The van der Waals surface area contributed by atoms with Crippen LogP contribution in [0.5, 0.6) is 0 Å². The van der Waals surface area contributed by atoms with Crippen LogP contribution in [-0.2, 0) is 9.59 Å². The number of hydrogen-bond donors (Lipinski definition) is 0. The predicted molar refractivity (Wildman–Crippen MR) is 70.3 cm³/mol. The molecule has 1 aromatic rings. The molecule has 0 N–H and O–H groups in total. The van der Waals surface area contributed by atoms with Crippen LogP contribution >= 0.6 is 0 Å². The van der Waals surface area contributed by atoms with Gasteiger partial charge in [-0.25, -0.2) is 8.78 Å². The summed E-state index contributed by atoms with van der Waals surface area (Å²) in [4.78, 5) is 24.9. The van der Waals surface area contributed by atoms with Gasteiger partial charge in [0.15, 0.2) is 5.78 Å². The van der Waals surface area contributed by atoms with E-state index in [0.717, 1.165) is 5.56 Å². The second-order valence-electron chi connectivity index (χ2n) is 5.08. The van der Waals surface area contributed by atoms with E-state index in [1.54, 1.807) is 4.90 Å². The number of carbonyl (C=O) groups is 2. The highest BCUT2D eigenvalue weighted by Gasteiger charge is 2.37. The first-order valence-corrected chi connectivity index (χ1v) is 6.67. The fourth-order valence-electron chi connectivity index (χ4n) is 2.58. The van der Waals surface area contributed by atoms with Gasteiger partial charge in [-0.15, -0.1) is 0 Å². The lowest BCUT2D eigenvalue weighted by molar-refractivity contribution is -0.137.